The summed E-state index contributed by atoms with van der Waals surface area (Å²) in [4.78, 5) is 36.0. The lowest BCUT2D eigenvalue weighted by Gasteiger charge is -2.31. The SMILES string of the molecule is COc1cccc(-n2cc(C(Nc3ccc(C(=O)N(C)CCC(=O)O)cc3)C3CCCCC3)c(C)n2)c1.COc1cccc([N+]2(C)C=C(C(=O)O)C(C)=N2)c1. The summed E-state index contributed by atoms with van der Waals surface area (Å²) < 4.78 is 12.6. The molecule has 6 rings (SSSR count). The topological polar surface area (TPSA) is 156 Å². The molecule has 0 spiro atoms. The lowest BCUT2D eigenvalue weighted by molar-refractivity contribution is -0.137. The number of aromatic nitrogens is 2. The van der Waals surface area contributed by atoms with Gasteiger partial charge in [-0.1, -0.05) is 36.5 Å². The first-order valence-electron chi connectivity index (χ1n) is 18.4. The van der Waals surface area contributed by atoms with E-state index in [2.05, 4.69) is 23.5 Å². The predicted octanol–water partition coefficient (Wildman–Crippen LogP) is 7.46. The van der Waals surface area contributed by atoms with Crippen LogP contribution in [0.15, 0.2) is 95.9 Å². The first-order chi connectivity index (χ1) is 26.3. The lowest BCUT2D eigenvalue weighted by Crippen LogP contribution is -2.30. The number of carboxylic acid groups (broad SMARTS) is 2. The molecule has 4 aromatic rings. The molecule has 1 aliphatic carbocycles. The second kappa shape index (κ2) is 17.9. The van der Waals surface area contributed by atoms with Gasteiger partial charge in [0.2, 0.25) is 0 Å². The zero-order valence-corrected chi connectivity index (χ0v) is 32.4. The Morgan fingerprint density at radius 1 is 0.945 bits per heavy atom. The summed E-state index contributed by atoms with van der Waals surface area (Å²) in [6, 6.07) is 22.9. The molecule has 13 nitrogen and oxygen atoms in total. The molecule has 0 bridgehead atoms. The average molecular weight is 752 g/mol. The van der Waals surface area contributed by atoms with E-state index in [1.165, 1.54) is 29.7 Å². The van der Waals surface area contributed by atoms with Crippen LogP contribution in [-0.4, -0.2) is 83.3 Å². The highest BCUT2D eigenvalue weighted by molar-refractivity contribution is 6.19. The molecule has 55 heavy (non-hydrogen) atoms. The number of carbonyl (C=O) groups excluding carboxylic acids is 1. The molecular formula is C42H51N6O7+. The quantitative estimate of drug-likeness (QED) is 0.118. The lowest BCUT2D eigenvalue weighted by atomic mass is 9.81. The van der Waals surface area contributed by atoms with Gasteiger partial charge in [0.15, 0.2) is 5.69 Å². The molecule has 0 radical (unpaired) electrons. The Morgan fingerprint density at radius 3 is 2.22 bits per heavy atom. The fourth-order valence-corrected chi connectivity index (χ4v) is 7.03. The van der Waals surface area contributed by atoms with Crippen molar-refractivity contribution in [1.29, 1.82) is 0 Å². The Labute approximate surface area is 322 Å². The molecule has 2 atom stereocenters. The number of amides is 1. The van der Waals surface area contributed by atoms with Gasteiger partial charge in [-0.25, -0.2) is 9.48 Å². The summed E-state index contributed by atoms with van der Waals surface area (Å²) in [5.41, 5.74) is 6.19. The first kappa shape index (κ1) is 40.2. The average Bonchev–Trinajstić information content (AvgIpc) is 3.75. The van der Waals surface area contributed by atoms with E-state index < -0.39 is 11.9 Å². The van der Waals surface area contributed by atoms with Gasteiger partial charge in [0, 0.05) is 54.8 Å². The van der Waals surface area contributed by atoms with Crippen molar-refractivity contribution in [2.24, 2.45) is 11.0 Å². The summed E-state index contributed by atoms with van der Waals surface area (Å²) in [6.07, 6.45) is 9.70. The number of quaternary nitrogens is 1. The minimum Gasteiger partial charge on any atom is -0.497 e. The van der Waals surface area contributed by atoms with Gasteiger partial charge in [-0.15, -0.1) is 4.59 Å². The minimum atomic E-state index is -0.957. The number of anilines is 1. The number of nitrogens with one attached hydrogen (secondary N) is 1. The van der Waals surface area contributed by atoms with Crippen LogP contribution in [0.4, 0.5) is 11.4 Å². The number of rotatable bonds is 13. The number of carbonyl (C=O) groups is 3. The van der Waals surface area contributed by atoms with E-state index >= 15 is 0 Å². The molecule has 2 heterocycles. The largest absolute Gasteiger partial charge is 0.497 e. The maximum atomic E-state index is 12.7. The number of aryl methyl sites for hydroxylation is 1. The van der Waals surface area contributed by atoms with Crippen LogP contribution in [0.3, 0.4) is 0 Å². The molecule has 2 aliphatic rings. The van der Waals surface area contributed by atoms with E-state index in [0.717, 1.165) is 47.1 Å². The number of carboxylic acids is 2. The smallest absolute Gasteiger partial charge is 0.343 e. The zero-order chi connectivity index (χ0) is 39.7. The van der Waals surface area contributed by atoms with Crippen LogP contribution in [0.25, 0.3) is 5.69 Å². The Hall–Kier alpha value is -5.95. The zero-order valence-electron chi connectivity index (χ0n) is 32.4. The van der Waals surface area contributed by atoms with E-state index in [-0.39, 0.29) is 35.1 Å². The van der Waals surface area contributed by atoms with E-state index in [4.69, 9.17) is 24.8 Å². The third kappa shape index (κ3) is 9.98. The number of hydrogen-bond donors (Lipinski definition) is 3. The van der Waals surface area contributed by atoms with Gasteiger partial charge < -0.3 is 29.9 Å². The van der Waals surface area contributed by atoms with Crippen molar-refractivity contribution in [3.63, 3.8) is 0 Å². The van der Waals surface area contributed by atoms with Crippen molar-refractivity contribution in [2.75, 3.05) is 40.2 Å². The summed E-state index contributed by atoms with van der Waals surface area (Å²) in [7, 11) is 6.71. The summed E-state index contributed by atoms with van der Waals surface area (Å²) in [5.74, 6) is -0.0702. The van der Waals surface area contributed by atoms with Crippen LogP contribution in [-0.2, 0) is 9.59 Å². The van der Waals surface area contributed by atoms with Gasteiger partial charge in [-0.3, -0.25) is 9.59 Å². The number of ether oxygens (including phenoxy) is 2. The first-order valence-corrected chi connectivity index (χ1v) is 18.4. The number of aliphatic carboxylic acids is 2. The Bertz CT molecular complexity index is 2050. The second-order valence-corrected chi connectivity index (χ2v) is 14.0. The minimum absolute atomic E-state index is 0.0757. The molecule has 13 heteroatoms. The maximum absolute atomic E-state index is 12.7. The molecule has 1 aromatic heterocycles. The van der Waals surface area contributed by atoms with Gasteiger partial charge in [0.1, 0.15) is 36.0 Å². The van der Waals surface area contributed by atoms with Gasteiger partial charge in [0.05, 0.1) is 38.1 Å². The summed E-state index contributed by atoms with van der Waals surface area (Å²) in [5, 5.41) is 30.9. The number of hydrogen-bond acceptors (Lipinski definition) is 8. The number of benzene rings is 3. The van der Waals surface area contributed by atoms with Gasteiger partial charge in [-0.05, 0) is 75.1 Å². The van der Waals surface area contributed by atoms with Crippen LogP contribution < -0.4 is 19.4 Å². The van der Waals surface area contributed by atoms with Crippen molar-refractivity contribution < 1.29 is 34.1 Å². The molecule has 3 aromatic carbocycles. The van der Waals surface area contributed by atoms with Crippen molar-refractivity contribution in [1.82, 2.24) is 19.3 Å². The molecule has 0 saturated heterocycles. The van der Waals surface area contributed by atoms with E-state index in [1.807, 2.05) is 72.4 Å². The molecule has 3 N–H and O–H groups in total. The van der Waals surface area contributed by atoms with Gasteiger partial charge in [-0.2, -0.15) is 5.10 Å². The fraction of sp³-hybridized carbons (Fsp3) is 0.357. The van der Waals surface area contributed by atoms with Crippen LogP contribution in [0.1, 0.15) is 73.1 Å². The Balaban J connectivity index is 0.000000269. The summed E-state index contributed by atoms with van der Waals surface area (Å²) in [6.45, 7) is 3.93. The van der Waals surface area contributed by atoms with Crippen LogP contribution in [0.5, 0.6) is 11.5 Å². The maximum Gasteiger partial charge on any atom is 0.343 e. The molecule has 1 saturated carbocycles. The molecule has 2 unspecified atom stereocenters. The highest BCUT2D eigenvalue weighted by atomic mass is 16.5. The summed E-state index contributed by atoms with van der Waals surface area (Å²) >= 11 is 0. The van der Waals surface area contributed by atoms with Gasteiger partial charge in [0.25, 0.3) is 5.91 Å². The van der Waals surface area contributed by atoms with Crippen molar-refractivity contribution in [2.45, 2.75) is 58.4 Å². The van der Waals surface area contributed by atoms with Crippen molar-refractivity contribution in [3.8, 4) is 17.2 Å². The molecule has 1 fully saturated rings. The van der Waals surface area contributed by atoms with Gasteiger partial charge >= 0.3 is 11.9 Å². The van der Waals surface area contributed by atoms with Crippen molar-refractivity contribution >= 4 is 34.9 Å². The highest BCUT2D eigenvalue weighted by Gasteiger charge is 2.35. The highest BCUT2D eigenvalue weighted by Crippen LogP contribution is 2.38. The normalized spacial score (nSPS) is 17.2. The van der Waals surface area contributed by atoms with Crippen LogP contribution in [0, 0.1) is 12.8 Å². The monoisotopic (exact) mass is 751 g/mol. The van der Waals surface area contributed by atoms with Crippen molar-refractivity contribution in [3.05, 3.63) is 108 Å². The molecule has 1 aliphatic heterocycles. The Kier molecular flexibility index (Phi) is 13.1. The predicted molar refractivity (Wildman–Crippen MR) is 213 cm³/mol. The van der Waals surface area contributed by atoms with E-state index in [1.54, 1.807) is 46.5 Å². The molecule has 1 amide bonds. The standard InChI is InChI=1S/C29H36N4O4.C13H14N2O3/c1-20-26(19-33(31-20)24-10-7-11-25(18-24)37-3)28(21-8-5-4-6-9-21)30-23-14-12-22(13-15-23)29(36)32(2)17-16-27(34)35;1-9-12(13(16)17)8-15(2,14-9)10-5-4-6-11(7-10)18-3/h7,10-15,18-19,21,28,30H,4-6,8-9,16-17H2,1-3H3,(H,34,35);4-8H,1-3H3/p+1. The van der Waals surface area contributed by atoms with E-state index in [0.29, 0.717) is 17.2 Å². The van der Waals surface area contributed by atoms with E-state index in [9.17, 15) is 14.4 Å². The number of nitrogens with zero attached hydrogens (tertiary/aromatic N) is 5. The third-order valence-electron chi connectivity index (χ3n) is 10.1. The molecule has 290 valence electrons. The fourth-order valence-electron chi connectivity index (χ4n) is 7.03. The van der Waals surface area contributed by atoms with Crippen LogP contribution >= 0.6 is 0 Å². The number of methoxy groups -OCH3 is 2. The molecular weight excluding hydrogens is 700 g/mol. The Morgan fingerprint density at radius 2 is 1.60 bits per heavy atom. The van der Waals surface area contributed by atoms with Crippen LogP contribution in [0.2, 0.25) is 0 Å². The third-order valence-corrected chi connectivity index (χ3v) is 10.1. The second-order valence-electron chi connectivity index (χ2n) is 14.0.